The van der Waals surface area contributed by atoms with Crippen LogP contribution in [0.15, 0.2) is 42.7 Å². The van der Waals surface area contributed by atoms with Gasteiger partial charge in [0.05, 0.1) is 37.0 Å². The normalized spacial score (nSPS) is 20.2. The van der Waals surface area contributed by atoms with Crippen molar-refractivity contribution in [3.63, 3.8) is 0 Å². The van der Waals surface area contributed by atoms with Gasteiger partial charge in [-0.15, -0.1) is 0 Å². The standard InChI is InChI=1S/C29H33F3N6O2/c1-18-10-13-33-27(40-3)26(18)35-14-11-22(12-15-35)38-19(2)25-24(17-37(34-25)21-8-9-21)36(28(38)39)16-20-6-4-5-7-23(20)29(30,31)32/h4-7,10,13,17,19,21-22H,8-9,11-12,14-16H2,1-3H3/t19-/m0/s1. The molecule has 2 fully saturated rings. The molecular formula is C29H33F3N6O2. The zero-order chi connectivity index (χ0) is 28.2. The SMILES string of the molecule is COc1nccc(C)c1N1CCC(N2C(=O)N(Cc3ccccc3C(F)(F)F)c3cn(C4CC4)nc3[C@@H]2C)CC1. The number of hydrogen-bond donors (Lipinski definition) is 0. The number of urea groups is 1. The van der Waals surface area contributed by atoms with Crippen molar-refractivity contribution in [2.45, 2.75) is 70.4 Å². The van der Waals surface area contributed by atoms with Crippen LogP contribution in [0.4, 0.5) is 29.3 Å². The third-order valence-corrected chi connectivity index (χ3v) is 8.33. The molecule has 40 heavy (non-hydrogen) atoms. The monoisotopic (exact) mass is 554 g/mol. The fourth-order valence-electron chi connectivity index (χ4n) is 6.12. The molecular weight excluding hydrogens is 521 g/mol. The van der Waals surface area contributed by atoms with Crippen LogP contribution >= 0.6 is 0 Å². The Bertz CT molecular complexity index is 1410. The lowest BCUT2D eigenvalue weighted by Crippen LogP contribution is -2.55. The van der Waals surface area contributed by atoms with E-state index in [0.717, 1.165) is 35.9 Å². The summed E-state index contributed by atoms with van der Waals surface area (Å²) in [7, 11) is 1.61. The number of aromatic nitrogens is 3. The number of halogens is 3. The van der Waals surface area contributed by atoms with Gasteiger partial charge >= 0.3 is 12.2 Å². The summed E-state index contributed by atoms with van der Waals surface area (Å²) < 4.78 is 49.0. The zero-order valence-electron chi connectivity index (χ0n) is 22.9. The number of alkyl halides is 3. The number of fused-ring (bicyclic) bond motifs is 1. The summed E-state index contributed by atoms with van der Waals surface area (Å²) in [4.78, 5) is 24.1. The average Bonchev–Trinajstić information content (AvgIpc) is 3.69. The average molecular weight is 555 g/mol. The second kappa shape index (κ2) is 10.0. The van der Waals surface area contributed by atoms with E-state index in [4.69, 9.17) is 9.84 Å². The molecule has 2 aromatic heterocycles. The number of amides is 2. The molecule has 0 radical (unpaired) electrons. The molecule has 6 rings (SSSR count). The molecule has 0 bridgehead atoms. The number of anilines is 2. The first kappa shape index (κ1) is 26.5. The lowest BCUT2D eigenvalue weighted by Gasteiger charge is -2.46. The molecule has 1 aliphatic carbocycles. The third-order valence-electron chi connectivity index (χ3n) is 8.33. The van der Waals surface area contributed by atoms with Crippen molar-refractivity contribution < 1.29 is 22.7 Å². The van der Waals surface area contributed by atoms with E-state index in [9.17, 15) is 18.0 Å². The summed E-state index contributed by atoms with van der Waals surface area (Å²) in [6, 6.07) is 7.07. The number of rotatable bonds is 6. The zero-order valence-corrected chi connectivity index (χ0v) is 22.9. The van der Waals surface area contributed by atoms with Gasteiger partial charge < -0.3 is 14.5 Å². The summed E-state index contributed by atoms with van der Waals surface area (Å²) in [5.41, 5.74) is 2.71. The lowest BCUT2D eigenvalue weighted by atomic mass is 9.97. The van der Waals surface area contributed by atoms with Crippen LogP contribution in [-0.2, 0) is 12.7 Å². The number of pyridine rings is 1. The Kier molecular flexibility index (Phi) is 6.62. The Morgan fingerprint density at radius 1 is 1.05 bits per heavy atom. The van der Waals surface area contributed by atoms with Crippen molar-refractivity contribution in [3.05, 3.63) is 65.1 Å². The first-order chi connectivity index (χ1) is 19.2. The molecule has 1 saturated heterocycles. The van der Waals surface area contributed by atoms with Crippen molar-refractivity contribution in [1.82, 2.24) is 19.7 Å². The van der Waals surface area contributed by atoms with Gasteiger partial charge in [0.15, 0.2) is 0 Å². The number of hydrogen-bond acceptors (Lipinski definition) is 5. The van der Waals surface area contributed by atoms with Crippen molar-refractivity contribution in [3.8, 4) is 5.88 Å². The second-order valence-corrected chi connectivity index (χ2v) is 10.9. The topological polar surface area (TPSA) is 66.7 Å². The van der Waals surface area contributed by atoms with E-state index in [1.54, 1.807) is 19.4 Å². The number of methoxy groups -OCH3 is 1. The molecule has 3 aliphatic rings. The number of piperidine rings is 1. The van der Waals surface area contributed by atoms with E-state index >= 15 is 0 Å². The number of aryl methyl sites for hydroxylation is 1. The lowest BCUT2D eigenvalue weighted by molar-refractivity contribution is -0.138. The van der Waals surface area contributed by atoms with E-state index in [1.807, 2.05) is 35.7 Å². The maximum Gasteiger partial charge on any atom is 0.416 e. The number of benzene rings is 1. The fourth-order valence-corrected chi connectivity index (χ4v) is 6.12. The summed E-state index contributed by atoms with van der Waals surface area (Å²) >= 11 is 0. The van der Waals surface area contributed by atoms with Crippen LogP contribution in [0.5, 0.6) is 5.88 Å². The first-order valence-electron chi connectivity index (χ1n) is 13.8. The van der Waals surface area contributed by atoms with Crippen molar-refractivity contribution in [2.24, 2.45) is 0 Å². The summed E-state index contributed by atoms with van der Waals surface area (Å²) in [5, 5.41) is 4.86. The highest BCUT2D eigenvalue weighted by Crippen LogP contribution is 2.44. The molecule has 0 unspecified atom stereocenters. The van der Waals surface area contributed by atoms with E-state index < -0.39 is 11.7 Å². The van der Waals surface area contributed by atoms with Crippen LogP contribution in [0.3, 0.4) is 0 Å². The third kappa shape index (κ3) is 4.65. The smallest absolute Gasteiger partial charge is 0.416 e. The largest absolute Gasteiger partial charge is 0.480 e. The molecule has 1 saturated carbocycles. The van der Waals surface area contributed by atoms with E-state index in [-0.39, 0.29) is 36.3 Å². The summed E-state index contributed by atoms with van der Waals surface area (Å²) in [5.74, 6) is 0.575. The number of carbonyl (C=O) groups is 1. The van der Waals surface area contributed by atoms with Gasteiger partial charge in [0, 0.05) is 31.5 Å². The molecule has 1 aromatic carbocycles. The van der Waals surface area contributed by atoms with Gasteiger partial charge in [0.2, 0.25) is 5.88 Å². The minimum absolute atomic E-state index is 0.0666. The predicted octanol–water partition coefficient (Wildman–Crippen LogP) is 6.12. The Labute approximate surface area is 231 Å². The molecule has 0 N–H and O–H groups in total. The van der Waals surface area contributed by atoms with Gasteiger partial charge in [-0.1, -0.05) is 18.2 Å². The maximum atomic E-state index is 14.2. The Balaban J connectivity index is 1.30. The molecule has 212 valence electrons. The van der Waals surface area contributed by atoms with Gasteiger partial charge in [-0.05, 0) is 62.8 Å². The number of ether oxygens (including phenoxy) is 1. The van der Waals surface area contributed by atoms with Crippen LogP contribution < -0.4 is 14.5 Å². The molecule has 4 heterocycles. The van der Waals surface area contributed by atoms with Crippen LogP contribution in [0.1, 0.15) is 67.1 Å². The van der Waals surface area contributed by atoms with Crippen LogP contribution in [-0.4, -0.2) is 51.9 Å². The van der Waals surface area contributed by atoms with Gasteiger partial charge in [0.25, 0.3) is 0 Å². The molecule has 11 heteroatoms. The van der Waals surface area contributed by atoms with Crippen molar-refractivity contribution in [2.75, 3.05) is 30.0 Å². The molecule has 2 amide bonds. The minimum Gasteiger partial charge on any atom is -0.480 e. The predicted molar refractivity (Wildman–Crippen MR) is 145 cm³/mol. The van der Waals surface area contributed by atoms with Crippen LogP contribution in [0, 0.1) is 6.92 Å². The molecule has 0 spiro atoms. The fraction of sp³-hybridized carbons (Fsp3) is 0.483. The van der Waals surface area contributed by atoms with E-state index in [2.05, 4.69) is 9.88 Å². The molecule has 1 atom stereocenters. The van der Waals surface area contributed by atoms with Crippen LogP contribution in [0.2, 0.25) is 0 Å². The minimum atomic E-state index is -4.51. The Morgan fingerprint density at radius 2 is 1.77 bits per heavy atom. The highest BCUT2D eigenvalue weighted by molar-refractivity contribution is 5.95. The molecule has 3 aromatic rings. The molecule has 2 aliphatic heterocycles. The van der Waals surface area contributed by atoms with Crippen LogP contribution in [0.25, 0.3) is 0 Å². The Hall–Kier alpha value is -3.76. The summed E-state index contributed by atoms with van der Waals surface area (Å²) in [6.45, 7) is 5.22. The quantitative estimate of drug-likeness (QED) is 0.367. The summed E-state index contributed by atoms with van der Waals surface area (Å²) in [6.07, 6.45) is 2.50. The van der Waals surface area contributed by atoms with Gasteiger partial charge in [0.1, 0.15) is 11.4 Å². The number of nitrogens with zero attached hydrogens (tertiary/aromatic N) is 6. The van der Waals surface area contributed by atoms with E-state index in [1.165, 1.54) is 17.0 Å². The Morgan fingerprint density at radius 3 is 2.45 bits per heavy atom. The number of carbonyl (C=O) groups excluding carboxylic acids is 1. The van der Waals surface area contributed by atoms with Crippen molar-refractivity contribution >= 4 is 17.4 Å². The van der Waals surface area contributed by atoms with Gasteiger partial charge in [-0.25, -0.2) is 9.78 Å². The van der Waals surface area contributed by atoms with Gasteiger partial charge in [-0.2, -0.15) is 18.3 Å². The second-order valence-electron chi connectivity index (χ2n) is 10.9. The highest BCUT2D eigenvalue weighted by atomic mass is 19.4. The maximum absolute atomic E-state index is 14.2. The molecule has 8 nitrogen and oxygen atoms in total. The highest BCUT2D eigenvalue weighted by Gasteiger charge is 2.44. The van der Waals surface area contributed by atoms with Gasteiger partial charge in [-0.3, -0.25) is 9.58 Å². The first-order valence-corrected chi connectivity index (χ1v) is 13.8. The van der Waals surface area contributed by atoms with E-state index in [0.29, 0.717) is 37.5 Å². The van der Waals surface area contributed by atoms with Crippen molar-refractivity contribution in [1.29, 1.82) is 0 Å².